The number of carbonyl (C=O) groups is 2. The SMILES string of the molecule is CCNC(=O)C1CCCN(C(=O)NCc2cc(Br)cs2)C1. The van der Waals surface area contributed by atoms with Gasteiger partial charge in [0.2, 0.25) is 5.91 Å². The van der Waals surface area contributed by atoms with E-state index in [9.17, 15) is 9.59 Å². The monoisotopic (exact) mass is 373 g/mol. The molecule has 2 heterocycles. The third kappa shape index (κ3) is 4.71. The lowest BCUT2D eigenvalue weighted by Crippen LogP contribution is -2.48. The standard InChI is InChI=1S/C14H20BrN3O2S/c1-2-16-13(19)10-4-3-5-18(8-10)14(20)17-7-12-6-11(15)9-21-12/h6,9-10H,2-5,7-8H2,1H3,(H,16,19)(H,17,20). The smallest absolute Gasteiger partial charge is 0.317 e. The number of hydrogen-bond donors (Lipinski definition) is 2. The van der Waals surface area contributed by atoms with Crippen LogP contribution in [0.5, 0.6) is 0 Å². The Labute approximate surface area is 137 Å². The minimum absolute atomic E-state index is 0.0530. The van der Waals surface area contributed by atoms with E-state index < -0.39 is 0 Å². The zero-order valence-electron chi connectivity index (χ0n) is 12.0. The normalized spacial score (nSPS) is 18.4. The molecule has 3 amide bonds. The maximum Gasteiger partial charge on any atom is 0.317 e. The summed E-state index contributed by atoms with van der Waals surface area (Å²) in [7, 11) is 0. The van der Waals surface area contributed by atoms with Crippen molar-refractivity contribution in [1.82, 2.24) is 15.5 Å². The van der Waals surface area contributed by atoms with Crippen molar-refractivity contribution in [3.63, 3.8) is 0 Å². The van der Waals surface area contributed by atoms with E-state index in [1.807, 2.05) is 18.4 Å². The fourth-order valence-corrected chi connectivity index (χ4v) is 3.81. The first kappa shape index (κ1) is 16.3. The quantitative estimate of drug-likeness (QED) is 0.851. The minimum atomic E-state index is -0.0893. The Kier molecular flexibility index (Phi) is 6.05. The maximum absolute atomic E-state index is 12.2. The van der Waals surface area contributed by atoms with E-state index in [0.29, 0.717) is 19.6 Å². The number of urea groups is 1. The Morgan fingerprint density at radius 3 is 2.95 bits per heavy atom. The third-order valence-corrected chi connectivity index (χ3v) is 5.16. The summed E-state index contributed by atoms with van der Waals surface area (Å²) >= 11 is 5.00. The summed E-state index contributed by atoms with van der Waals surface area (Å²) in [5, 5.41) is 7.75. The number of amides is 3. The maximum atomic E-state index is 12.2. The summed E-state index contributed by atoms with van der Waals surface area (Å²) in [4.78, 5) is 26.9. The molecule has 0 aliphatic carbocycles. The van der Waals surface area contributed by atoms with E-state index >= 15 is 0 Å². The molecular formula is C14H20BrN3O2S. The van der Waals surface area contributed by atoms with Crippen molar-refractivity contribution in [3.8, 4) is 0 Å². The molecule has 0 bridgehead atoms. The van der Waals surface area contributed by atoms with Crippen molar-refractivity contribution in [2.75, 3.05) is 19.6 Å². The van der Waals surface area contributed by atoms with Crippen LogP contribution < -0.4 is 10.6 Å². The van der Waals surface area contributed by atoms with Crippen LogP contribution in [0.4, 0.5) is 4.79 Å². The second kappa shape index (κ2) is 7.79. The van der Waals surface area contributed by atoms with Crippen LogP contribution in [-0.4, -0.2) is 36.5 Å². The second-order valence-corrected chi connectivity index (χ2v) is 6.98. The molecule has 1 unspecified atom stereocenters. The molecule has 5 nitrogen and oxygen atoms in total. The number of rotatable bonds is 4. The molecule has 116 valence electrons. The Balaban J connectivity index is 1.82. The van der Waals surface area contributed by atoms with E-state index in [1.54, 1.807) is 16.2 Å². The van der Waals surface area contributed by atoms with Gasteiger partial charge in [0.25, 0.3) is 0 Å². The average Bonchev–Trinajstić information content (AvgIpc) is 2.91. The lowest BCUT2D eigenvalue weighted by Gasteiger charge is -2.32. The lowest BCUT2D eigenvalue weighted by molar-refractivity contribution is -0.126. The summed E-state index contributed by atoms with van der Waals surface area (Å²) in [5.41, 5.74) is 0. The summed E-state index contributed by atoms with van der Waals surface area (Å²) in [6, 6.07) is 1.91. The molecule has 1 aromatic heterocycles. The molecule has 7 heteroatoms. The molecule has 1 atom stereocenters. The van der Waals surface area contributed by atoms with E-state index in [-0.39, 0.29) is 17.9 Å². The first-order chi connectivity index (χ1) is 10.1. The zero-order chi connectivity index (χ0) is 15.2. The Morgan fingerprint density at radius 2 is 2.29 bits per heavy atom. The number of hydrogen-bond acceptors (Lipinski definition) is 3. The third-order valence-electron chi connectivity index (χ3n) is 3.47. The molecule has 0 saturated carbocycles. The summed E-state index contributed by atoms with van der Waals surface area (Å²) in [6.45, 7) is 4.29. The first-order valence-corrected chi connectivity index (χ1v) is 8.80. The molecule has 1 fully saturated rings. The van der Waals surface area contributed by atoms with Gasteiger partial charge in [0.1, 0.15) is 0 Å². The highest BCUT2D eigenvalue weighted by Gasteiger charge is 2.27. The zero-order valence-corrected chi connectivity index (χ0v) is 14.4. The largest absolute Gasteiger partial charge is 0.356 e. The van der Waals surface area contributed by atoms with E-state index in [1.165, 1.54) is 0 Å². The van der Waals surface area contributed by atoms with Gasteiger partial charge < -0.3 is 15.5 Å². The van der Waals surface area contributed by atoms with Crippen molar-refractivity contribution in [3.05, 3.63) is 20.8 Å². The number of likely N-dealkylation sites (tertiary alicyclic amines) is 1. The molecule has 1 aromatic rings. The number of carbonyl (C=O) groups excluding carboxylic acids is 2. The van der Waals surface area contributed by atoms with Gasteiger partial charge in [0.15, 0.2) is 0 Å². The molecule has 1 saturated heterocycles. The molecule has 2 N–H and O–H groups in total. The molecular weight excluding hydrogens is 354 g/mol. The van der Waals surface area contributed by atoms with Gasteiger partial charge in [-0.25, -0.2) is 4.79 Å². The van der Waals surface area contributed by atoms with Crippen LogP contribution >= 0.6 is 27.3 Å². The fraction of sp³-hybridized carbons (Fsp3) is 0.571. The van der Waals surface area contributed by atoms with E-state index in [2.05, 4.69) is 26.6 Å². The van der Waals surface area contributed by atoms with Crippen LogP contribution in [0.3, 0.4) is 0 Å². The highest BCUT2D eigenvalue weighted by molar-refractivity contribution is 9.10. The van der Waals surface area contributed by atoms with Gasteiger partial charge in [-0.3, -0.25) is 4.79 Å². The number of halogens is 1. The topological polar surface area (TPSA) is 61.4 Å². The number of piperidine rings is 1. The summed E-state index contributed by atoms with van der Waals surface area (Å²) in [5.74, 6) is -0.0301. The van der Waals surface area contributed by atoms with E-state index in [4.69, 9.17) is 0 Å². The van der Waals surface area contributed by atoms with Crippen LogP contribution in [0.1, 0.15) is 24.6 Å². The van der Waals surface area contributed by atoms with Gasteiger partial charge in [0.05, 0.1) is 12.5 Å². The highest BCUT2D eigenvalue weighted by atomic mass is 79.9. The predicted molar refractivity (Wildman–Crippen MR) is 87.2 cm³/mol. The van der Waals surface area contributed by atoms with Crippen molar-refractivity contribution >= 4 is 39.2 Å². The second-order valence-electron chi connectivity index (χ2n) is 5.07. The van der Waals surface area contributed by atoms with Crippen molar-refractivity contribution in [2.24, 2.45) is 5.92 Å². The van der Waals surface area contributed by atoms with Crippen LogP contribution in [0, 0.1) is 5.92 Å². The van der Waals surface area contributed by atoms with Crippen molar-refractivity contribution in [2.45, 2.75) is 26.3 Å². The van der Waals surface area contributed by atoms with Gasteiger partial charge in [-0.1, -0.05) is 0 Å². The molecule has 1 aliphatic heterocycles. The van der Waals surface area contributed by atoms with Crippen LogP contribution in [0.25, 0.3) is 0 Å². The Bertz CT molecular complexity index is 506. The Morgan fingerprint density at radius 1 is 1.48 bits per heavy atom. The van der Waals surface area contributed by atoms with Crippen LogP contribution in [0.15, 0.2) is 15.9 Å². The minimum Gasteiger partial charge on any atom is -0.356 e. The average molecular weight is 374 g/mol. The van der Waals surface area contributed by atoms with Gasteiger partial charge >= 0.3 is 6.03 Å². The number of nitrogens with one attached hydrogen (secondary N) is 2. The van der Waals surface area contributed by atoms with Crippen LogP contribution in [-0.2, 0) is 11.3 Å². The van der Waals surface area contributed by atoms with Gasteiger partial charge in [-0.05, 0) is 41.8 Å². The van der Waals surface area contributed by atoms with Gasteiger partial charge in [-0.2, -0.15) is 0 Å². The van der Waals surface area contributed by atoms with Gasteiger partial charge in [-0.15, -0.1) is 11.3 Å². The summed E-state index contributed by atoms with van der Waals surface area (Å²) < 4.78 is 1.03. The fourth-order valence-electron chi connectivity index (χ4n) is 2.42. The molecule has 2 rings (SSSR count). The van der Waals surface area contributed by atoms with Gasteiger partial charge in [0, 0.05) is 34.4 Å². The predicted octanol–water partition coefficient (Wildman–Crippen LogP) is 2.57. The molecule has 0 radical (unpaired) electrons. The Hall–Kier alpha value is -1.08. The molecule has 1 aliphatic rings. The summed E-state index contributed by atoms with van der Waals surface area (Å²) in [6.07, 6.45) is 1.73. The number of thiophene rings is 1. The van der Waals surface area contributed by atoms with Crippen molar-refractivity contribution in [1.29, 1.82) is 0 Å². The molecule has 0 aromatic carbocycles. The lowest BCUT2D eigenvalue weighted by atomic mass is 9.97. The van der Waals surface area contributed by atoms with E-state index in [0.717, 1.165) is 28.7 Å². The number of nitrogens with zero attached hydrogens (tertiary/aromatic N) is 1. The molecule has 21 heavy (non-hydrogen) atoms. The highest BCUT2D eigenvalue weighted by Crippen LogP contribution is 2.20. The van der Waals surface area contributed by atoms with Crippen molar-refractivity contribution < 1.29 is 9.59 Å². The molecule has 0 spiro atoms. The first-order valence-electron chi connectivity index (χ1n) is 7.13. The van der Waals surface area contributed by atoms with Crippen LogP contribution in [0.2, 0.25) is 0 Å².